The van der Waals surface area contributed by atoms with Crippen LogP contribution >= 0.6 is 0 Å². The zero-order valence-corrected chi connectivity index (χ0v) is 14.1. The summed E-state index contributed by atoms with van der Waals surface area (Å²) in [6, 6.07) is 14.8. The second kappa shape index (κ2) is 7.98. The smallest absolute Gasteiger partial charge is 0.274 e. The van der Waals surface area contributed by atoms with E-state index < -0.39 is 0 Å². The summed E-state index contributed by atoms with van der Waals surface area (Å²) < 4.78 is 0. The van der Waals surface area contributed by atoms with E-state index in [4.69, 9.17) is 0 Å². The fourth-order valence-corrected chi connectivity index (χ4v) is 3.28. The number of rotatable bonds is 6. The summed E-state index contributed by atoms with van der Waals surface area (Å²) in [5.74, 6) is 0.392. The molecule has 1 aliphatic heterocycles. The summed E-state index contributed by atoms with van der Waals surface area (Å²) in [7, 11) is 0. The van der Waals surface area contributed by atoms with Crippen molar-refractivity contribution in [1.29, 1.82) is 0 Å². The average molecular weight is 341 g/mol. The molecular formula is C19H23N3O3. The number of aliphatic hydroxyl groups is 1. The van der Waals surface area contributed by atoms with Crippen molar-refractivity contribution in [2.45, 2.75) is 19.4 Å². The Kier molecular flexibility index (Phi) is 5.50. The van der Waals surface area contributed by atoms with Crippen LogP contribution in [-0.4, -0.2) is 29.7 Å². The summed E-state index contributed by atoms with van der Waals surface area (Å²) >= 11 is 0. The van der Waals surface area contributed by atoms with Crippen LogP contribution in [0, 0.1) is 16.0 Å². The molecule has 6 heteroatoms. The molecule has 2 aromatic carbocycles. The average Bonchev–Trinajstić information content (AvgIpc) is 2.67. The Morgan fingerprint density at radius 3 is 2.52 bits per heavy atom. The van der Waals surface area contributed by atoms with Crippen molar-refractivity contribution in [3.63, 3.8) is 0 Å². The molecule has 0 unspecified atom stereocenters. The highest BCUT2D eigenvalue weighted by molar-refractivity contribution is 5.70. The molecule has 0 aromatic heterocycles. The van der Waals surface area contributed by atoms with Crippen LogP contribution in [0.3, 0.4) is 0 Å². The molecule has 6 nitrogen and oxygen atoms in total. The lowest BCUT2D eigenvalue weighted by Crippen LogP contribution is -2.35. The van der Waals surface area contributed by atoms with Crippen LogP contribution in [0.25, 0.3) is 0 Å². The minimum atomic E-state index is -0.345. The summed E-state index contributed by atoms with van der Waals surface area (Å²) in [5, 5.41) is 23.8. The first kappa shape index (κ1) is 17.2. The number of piperidine rings is 1. The largest absolute Gasteiger partial charge is 0.396 e. The van der Waals surface area contributed by atoms with Gasteiger partial charge in [0.1, 0.15) is 0 Å². The third-order valence-corrected chi connectivity index (χ3v) is 4.78. The van der Waals surface area contributed by atoms with Gasteiger partial charge in [-0.1, -0.05) is 30.3 Å². The molecule has 25 heavy (non-hydrogen) atoms. The lowest BCUT2D eigenvalue weighted by atomic mass is 9.97. The van der Waals surface area contributed by atoms with Gasteiger partial charge in [-0.25, -0.2) is 0 Å². The zero-order chi connectivity index (χ0) is 17.6. The molecule has 3 rings (SSSR count). The molecule has 1 fully saturated rings. The van der Waals surface area contributed by atoms with Crippen LogP contribution in [0.1, 0.15) is 18.4 Å². The zero-order valence-electron chi connectivity index (χ0n) is 14.1. The van der Waals surface area contributed by atoms with Gasteiger partial charge in [0.2, 0.25) is 0 Å². The summed E-state index contributed by atoms with van der Waals surface area (Å²) in [5.41, 5.74) is 2.89. The van der Waals surface area contributed by atoms with Crippen molar-refractivity contribution in [1.82, 2.24) is 0 Å². The van der Waals surface area contributed by atoms with Gasteiger partial charge in [-0.05, 0) is 30.9 Å². The Morgan fingerprint density at radius 1 is 1.12 bits per heavy atom. The molecule has 0 aliphatic carbocycles. The van der Waals surface area contributed by atoms with Gasteiger partial charge < -0.3 is 15.3 Å². The maximum atomic E-state index is 11.2. The summed E-state index contributed by atoms with van der Waals surface area (Å²) in [6.07, 6.45) is 1.96. The van der Waals surface area contributed by atoms with Gasteiger partial charge >= 0.3 is 0 Å². The lowest BCUT2D eigenvalue weighted by molar-refractivity contribution is -0.385. The van der Waals surface area contributed by atoms with Crippen LogP contribution in [0.5, 0.6) is 0 Å². The number of nitro benzene ring substituents is 1. The van der Waals surface area contributed by atoms with Gasteiger partial charge in [0.05, 0.1) is 16.3 Å². The van der Waals surface area contributed by atoms with Gasteiger partial charge in [0, 0.05) is 37.9 Å². The molecule has 0 bridgehead atoms. The Bertz CT molecular complexity index is 727. The van der Waals surface area contributed by atoms with E-state index in [1.165, 1.54) is 6.07 Å². The molecule has 0 saturated carbocycles. The van der Waals surface area contributed by atoms with E-state index in [1.54, 1.807) is 12.1 Å². The molecule has 2 N–H and O–H groups in total. The fraction of sp³-hybridized carbons (Fsp3) is 0.368. The molecular weight excluding hydrogens is 318 g/mol. The van der Waals surface area contributed by atoms with E-state index in [2.05, 4.69) is 16.3 Å². The quantitative estimate of drug-likeness (QED) is 0.622. The predicted octanol–water partition coefficient (Wildman–Crippen LogP) is 3.42. The molecule has 1 aliphatic rings. The number of nitro groups is 1. The third kappa shape index (κ3) is 4.09. The first-order valence-corrected chi connectivity index (χ1v) is 8.60. The minimum absolute atomic E-state index is 0.135. The van der Waals surface area contributed by atoms with Gasteiger partial charge in [-0.3, -0.25) is 10.1 Å². The summed E-state index contributed by atoms with van der Waals surface area (Å²) in [4.78, 5) is 13.1. The van der Waals surface area contributed by atoms with Crippen LogP contribution in [0.4, 0.5) is 17.1 Å². The van der Waals surface area contributed by atoms with E-state index in [-0.39, 0.29) is 17.2 Å². The Hall–Kier alpha value is -2.60. The van der Waals surface area contributed by atoms with Crippen molar-refractivity contribution < 1.29 is 10.0 Å². The van der Waals surface area contributed by atoms with Crippen molar-refractivity contribution in [3.8, 4) is 0 Å². The standard InChI is InChI=1S/C19H23N3O3/c23-14-15-9-11-21(12-10-15)19-8-4-2-6-17(19)20-13-16-5-1-3-7-18(16)22(24)25/h1-8,15,20,23H,9-14H2. The third-order valence-electron chi connectivity index (χ3n) is 4.78. The Morgan fingerprint density at radius 2 is 1.80 bits per heavy atom. The summed E-state index contributed by atoms with van der Waals surface area (Å²) in [6.45, 7) is 2.48. The molecule has 1 saturated heterocycles. The van der Waals surface area contributed by atoms with Crippen molar-refractivity contribution >= 4 is 17.1 Å². The minimum Gasteiger partial charge on any atom is -0.396 e. The first-order chi connectivity index (χ1) is 12.2. The number of para-hydroxylation sites is 3. The molecule has 0 amide bonds. The van der Waals surface area contributed by atoms with Gasteiger partial charge in [0.25, 0.3) is 5.69 Å². The number of aliphatic hydroxyl groups excluding tert-OH is 1. The molecule has 132 valence electrons. The monoisotopic (exact) mass is 341 g/mol. The number of hydrogen-bond donors (Lipinski definition) is 2. The second-order valence-corrected chi connectivity index (χ2v) is 6.37. The van der Waals surface area contributed by atoms with Crippen LogP contribution in [-0.2, 0) is 6.54 Å². The van der Waals surface area contributed by atoms with Crippen LogP contribution in [0.15, 0.2) is 48.5 Å². The first-order valence-electron chi connectivity index (χ1n) is 8.60. The van der Waals surface area contributed by atoms with Gasteiger partial charge in [-0.2, -0.15) is 0 Å². The maximum Gasteiger partial charge on any atom is 0.274 e. The van der Waals surface area contributed by atoms with Crippen LogP contribution < -0.4 is 10.2 Å². The fourth-order valence-electron chi connectivity index (χ4n) is 3.28. The van der Waals surface area contributed by atoms with E-state index in [0.29, 0.717) is 18.0 Å². The predicted molar refractivity (Wildman–Crippen MR) is 98.9 cm³/mol. The lowest BCUT2D eigenvalue weighted by Gasteiger charge is -2.34. The van der Waals surface area contributed by atoms with E-state index >= 15 is 0 Å². The highest BCUT2D eigenvalue weighted by atomic mass is 16.6. The maximum absolute atomic E-state index is 11.2. The molecule has 0 radical (unpaired) electrons. The second-order valence-electron chi connectivity index (χ2n) is 6.37. The highest BCUT2D eigenvalue weighted by Crippen LogP contribution is 2.30. The number of nitrogens with zero attached hydrogens (tertiary/aromatic N) is 2. The number of nitrogens with one attached hydrogen (secondary N) is 1. The topological polar surface area (TPSA) is 78.6 Å². The van der Waals surface area contributed by atoms with Gasteiger partial charge in [-0.15, -0.1) is 0 Å². The van der Waals surface area contributed by atoms with Crippen molar-refractivity contribution in [2.75, 3.05) is 29.9 Å². The molecule has 1 heterocycles. The number of hydrogen-bond acceptors (Lipinski definition) is 5. The highest BCUT2D eigenvalue weighted by Gasteiger charge is 2.20. The molecule has 2 aromatic rings. The van der Waals surface area contributed by atoms with Crippen molar-refractivity contribution in [2.24, 2.45) is 5.92 Å². The molecule has 0 spiro atoms. The van der Waals surface area contributed by atoms with Crippen molar-refractivity contribution in [3.05, 3.63) is 64.2 Å². The van der Waals surface area contributed by atoms with Crippen LogP contribution in [0.2, 0.25) is 0 Å². The Labute approximate surface area is 147 Å². The number of anilines is 2. The molecule has 0 atom stereocenters. The van der Waals surface area contributed by atoms with E-state index in [1.807, 2.05) is 24.3 Å². The van der Waals surface area contributed by atoms with E-state index in [0.717, 1.165) is 37.3 Å². The number of benzene rings is 2. The van der Waals surface area contributed by atoms with Gasteiger partial charge in [0.15, 0.2) is 0 Å². The SMILES string of the molecule is O=[N+]([O-])c1ccccc1CNc1ccccc1N1CCC(CO)CC1. The van der Waals surface area contributed by atoms with E-state index in [9.17, 15) is 15.2 Å². The normalized spacial score (nSPS) is 15.2. The Balaban J connectivity index is 1.73.